The number of nitrogens with zero attached hydrogens (tertiary/aromatic N) is 2. The molecule has 1 amide bonds. The van der Waals surface area contributed by atoms with E-state index < -0.39 is 0 Å². The van der Waals surface area contributed by atoms with Gasteiger partial charge in [0.05, 0.1) is 24.9 Å². The Hall–Kier alpha value is -3.17. The highest BCUT2D eigenvalue weighted by molar-refractivity contribution is 9.10. The smallest absolute Gasteiger partial charge is 0.263 e. The minimum atomic E-state index is -0.244. The molecule has 4 rings (SSSR count). The lowest BCUT2D eigenvalue weighted by Crippen LogP contribution is -2.33. The van der Waals surface area contributed by atoms with Crippen LogP contribution in [0.3, 0.4) is 0 Å². The van der Waals surface area contributed by atoms with Gasteiger partial charge in [0, 0.05) is 21.5 Å². The molecule has 1 N–H and O–H groups in total. The molecule has 2 heterocycles. The lowest BCUT2D eigenvalue weighted by atomic mass is 10.0. The molecule has 0 bridgehead atoms. The minimum Gasteiger partial charge on any atom is -0.490 e. The molecule has 0 radical (unpaired) electrons. The van der Waals surface area contributed by atoms with Gasteiger partial charge < -0.3 is 14.8 Å². The molecule has 0 fully saturated rings. The van der Waals surface area contributed by atoms with E-state index in [2.05, 4.69) is 26.2 Å². The summed E-state index contributed by atoms with van der Waals surface area (Å²) in [6, 6.07) is 13.6. The fourth-order valence-electron chi connectivity index (χ4n) is 4.02. The Bertz CT molecular complexity index is 1430. The number of ether oxygens (including phenoxy) is 2. The Morgan fingerprint density at radius 2 is 1.81 bits per heavy atom. The number of rotatable bonds is 10. The fraction of sp³-hybridized carbons (Fsp3) is 0.296. The van der Waals surface area contributed by atoms with E-state index in [-0.39, 0.29) is 18.0 Å². The third-order valence-electron chi connectivity index (χ3n) is 5.65. The molecule has 0 aliphatic rings. The number of thiophene rings is 1. The maximum absolute atomic E-state index is 13.3. The van der Waals surface area contributed by atoms with E-state index in [4.69, 9.17) is 9.47 Å². The number of halogens is 1. The lowest BCUT2D eigenvalue weighted by molar-refractivity contribution is -0.121. The predicted octanol–water partition coefficient (Wildman–Crippen LogP) is 5.35. The number of benzene rings is 2. The summed E-state index contributed by atoms with van der Waals surface area (Å²) in [6.07, 6.45) is 2.08. The molecule has 0 aliphatic carbocycles. The molecule has 0 saturated heterocycles. The van der Waals surface area contributed by atoms with Gasteiger partial charge in [-0.2, -0.15) is 0 Å². The minimum absolute atomic E-state index is 0.0933. The number of carbonyl (C=O) groups excluding carboxylic acids is 1. The summed E-state index contributed by atoms with van der Waals surface area (Å²) in [7, 11) is 0. The molecule has 0 saturated carbocycles. The van der Waals surface area contributed by atoms with Crippen LogP contribution in [0.4, 0.5) is 0 Å². The topological polar surface area (TPSA) is 82.5 Å². The molecule has 2 aromatic heterocycles. The molecular formula is C27H28BrN3O4S. The Balaban J connectivity index is 1.46. The van der Waals surface area contributed by atoms with E-state index in [1.54, 1.807) is 0 Å². The summed E-state index contributed by atoms with van der Waals surface area (Å²) in [6.45, 7) is 7.28. The first-order valence-electron chi connectivity index (χ1n) is 11.8. The zero-order valence-electron chi connectivity index (χ0n) is 20.5. The fourth-order valence-corrected chi connectivity index (χ4v) is 5.29. The molecule has 188 valence electrons. The summed E-state index contributed by atoms with van der Waals surface area (Å²) >= 11 is 4.94. The highest BCUT2D eigenvalue weighted by Crippen LogP contribution is 2.35. The quantitative estimate of drug-likeness (QED) is 0.278. The number of hydrogen-bond donors (Lipinski definition) is 1. The first kappa shape index (κ1) is 25.9. The van der Waals surface area contributed by atoms with Crippen molar-refractivity contribution in [2.75, 3.05) is 19.8 Å². The summed E-state index contributed by atoms with van der Waals surface area (Å²) < 4.78 is 13.6. The molecule has 0 atom stereocenters. The van der Waals surface area contributed by atoms with Crippen LogP contribution in [0, 0.1) is 6.92 Å². The van der Waals surface area contributed by atoms with Crippen LogP contribution in [-0.2, 0) is 17.8 Å². The Labute approximate surface area is 222 Å². The van der Waals surface area contributed by atoms with Gasteiger partial charge in [-0.25, -0.2) is 4.98 Å². The number of carbonyl (C=O) groups is 1. The third-order valence-corrected chi connectivity index (χ3v) is 7.19. The van der Waals surface area contributed by atoms with Gasteiger partial charge in [-0.15, -0.1) is 11.3 Å². The summed E-state index contributed by atoms with van der Waals surface area (Å²) in [5, 5.41) is 3.45. The van der Waals surface area contributed by atoms with E-state index in [1.807, 2.05) is 63.2 Å². The number of fused-ring (bicyclic) bond motifs is 1. The first-order valence-corrected chi connectivity index (χ1v) is 13.4. The maximum atomic E-state index is 13.3. The van der Waals surface area contributed by atoms with Crippen LogP contribution in [0.5, 0.6) is 11.5 Å². The zero-order valence-corrected chi connectivity index (χ0v) is 22.9. The molecule has 0 spiro atoms. The van der Waals surface area contributed by atoms with Gasteiger partial charge in [0.25, 0.3) is 5.56 Å². The molecule has 0 unspecified atom stereocenters. The average Bonchev–Trinajstić information content (AvgIpc) is 3.20. The molecule has 9 heteroatoms. The van der Waals surface area contributed by atoms with Crippen LogP contribution < -0.4 is 20.3 Å². The van der Waals surface area contributed by atoms with E-state index in [0.717, 1.165) is 26.0 Å². The Morgan fingerprint density at radius 1 is 1.08 bits per heavy atom. The normalized spacial score (nSPS) is 11.0. The monoisotopic (exact) mass is 569 g/mol. The van der Waals surface area contributed by atoms with Crippen LogP contribution >= 0.6 is 27.3 Å². The average molecular weight is 571 g/mol. The number of amides is 1. The van der Waals surface area contributed by atoms with Gasteiger partial charge in [-0.3, -0.25) is 14.2 Å². The van der Waals surface area contributed by atoms with Crippen molar-refractivity contribution in [3.8, 4) is 22.6 Å². The molecule has 0 aliphatic heterocycles. The summed E-state index contributed by atoms with van der Waals surface area (Å²) in [5.41, 5.74) is 2.63. The number of aromatic nitrogens is 2. The highest BCUT2D eigenvalue weighted by Gasteiger charge is 2.18. The van der Waals surface area contributed by atoms with Crippen molar-refractivity contribution in [1.82, 2.24) is 14.9 Å². The molecule has 7 nitrogen and oxygen atoms in total. The largest absolute Gasteiger partial charge is 0.490 e. The van der Waals surface area contributed by atoms with Crippen molar-refractivity contribution >= 4 is 43.4 Å². The second kappa shape index (κ2) is 11.7. The van der Waals surface area contributed by atoms with E-state index in [9.17, 15) is 9.59 Å². The lowest BCUT2D eigenvalue weighted by Gasteiger charge is -2.13. The van der Waals surface area contributed by atoms with E-state index in [0.29, 0.717) is 47.9 Å². The number of aryl methyl sites for hydroxylation is 1. The first-order chi connectivity index (χ1) is 17.4. The van der Waals surface area contributed by atoms with Crippen LogP contribution in [0.2, 0.25) is 0 Å². The molecule has 36 heavy (non-hydrogen) atoms. The van der Waals surface area contributed by atoms with Gasteiger partial charge in [-0.05, 0) is 62.6 Å². The van der Waals surface area contributed by atoms with Gasteiger partial charge in [0.1, 0.15) is 11.4 Å². The van der Waals surface area contributed by atoms with Crippen molar-refractivity contribution in [2.24, 2.45) is 0 Å². The van der Waals surface area contributed by atoms with Crippen molar-refractivity contribution in [3.05, 3.63) is 74.1 Å². The van der Waals surface area contributed by atoms with Crippen LogP contribution in [0.1, 0.15) is 24.3 Å². The van der Waals surface area contributed by atoms with Crippen LogP contribution in [0.25, 0.3) is 21.3 Å². The standard InChI is InChI=1S/C27H28BrN3O4S/c1-4-34-21-11-6-18(14-22(21)35-5-2)12-13-29-23(32)15-31-16-30-26-25(27(31)33)24(17(3)36-26)19-7-9-20(28)10-8-19/h6-11,14,16H,4-5,12-13,15H2,1-3H3,(H,29,32). The second-order valence-electron chi connectivity index (χ2n) is 8.14. The number of nitrogens with one attached hydrogen (secondary N) is 1. The van der Waals surface area contributed by atoms with Gasteiger partial charge >= 0.3 is 0 Å². The molecule has 4 aromatic rings. The van der Waals surface area contributed by atoms with Crippen molar-refractivity contribution in [3.63, 3.8) is 0 Å². The van der Waals surface area contributed by atoms with E-state index in [1.165, 1.54) is 22.2 Å². The number of hydrogen-bond acceptors (Lipinski definition) is 6. The van der Waals surface area contributed by atoms with Crippen molar-refractivity contribution in [1.29, 1.82) is 0 Å². The summed E-state index contributed by atoms with van der Waals surface area (Å²) in [5.74, 6) is 1.16. The second-order valence-corrected chi connectivity index (χ2v) is 10.3. The van der Waals surface area contributed by atoms with Crippen molar-refractivity contribution in [2.45, 2.75) is 33.7 Å². The Kier molecular flexibility index (Phi) is 8.43. The van der Waals surface area contributed by atoms with Gasteiger partial charge in [0.15, 0.2) is 11.5 Å². The molecule has 2 aromatic carbocycles. The maximum Gasteiger partial charge on any atom is 0.263 e. The van der Waals surface area contributed by atoms with E-state index >= 15 is 0 Å². The predicted molar refractivity (Wildman–Crippen MR) is 147 cm³/mol. The summed E-state index contributed by atoms with van der Waals surface area (Å²) in [4.78, 5) is 32.1. The zero-order chi connectivity index (χ0) is 25.7. The SMILES string of the molecule is CCOc1ccc(CCNC(=O)Cn2cnc3sc(C)c(-c4ccc(Br)cc4)c3c2=O)cc1OCC. The van der Waals surface area contributed by atoms with Crippen LogP contribution in [-0.4, -0.2) is 35.2 Å². The van der Waals surface area contributed by atoms with Gasteiger partial charge in [-0.1, -0.05) is 34.1 Å². The van der Waals surface area contributed by atoms with Crippen LogP contribution in [0.15, 0.2) is 58.1 Å². The highest BCUT2D eigenvalue weighted by atomic mass is 79.9. The van der Waals surface area contributed by atoms with Gasteiger partial charge in [0.2, 0.25) is 5.91 Å². The Morgan fingerprint density at radius 3 is 2.53 bits per heavy atom. The molecular weight excluding hydrogens is 542 g/mol. The van der Waals surface area contributed by atoms with Crippen molar-refractivity contribution < 1.29 is 14.3 Å². The third kappa shape index (κ3) is 5.79.